The second kappa shape index (κ2) is 14.3. The highest BCUT2D eigenvalue weighted by Gasteiger charge is 2.50. The summed E-state index contributed by atoms with van der Waals surface area (Å²) in [6.45, 7) is 7.87. The van der Waals surface area contributed by atoms with Gasteiger partial charge in [-0.25, -0.2) is 15.0 Å². The maximum atomic E-state index is 13.0. The minimum absolute atomic E-state index is 0.0996. The van der Waals surface area contributed by atoms with Gasteiger partial charge in [-0.2, -0.15) is 0 Å². The van der Waals surface area contributed by atoms with E-state index in [9.17, 15) is 4.79 Å². The molecule has 0 radical (unpaired) electrons. The number of pyridine rings is 3. The van der Waals surface area contributed by atoms with E-state index < -0.39 is 8.32 Å². The van der Waals surface area contributed by atoms with Crippen LogP contribution < -0.4 is 21.0 Å². The Labute approximate surface area is 315 Å². The molecule has 268 valence electrons. The van der Waals surface area contributed by atoms with Crippen molar-refractivity contribution in [3.63, 3.8) is 0 Å². The number of imidazole rings is 2. The minimum atomic E-state index is -2.75. The lowest BCUT2D eigenvalue weighted by molar-refractivity contribution is -0.115. The van der Waals surface area contributed by atoms with E-state index in [2.05, 4.69) is 125 Å². The molecule has 1 saturated carbocycles. The number of hydrogen-bond acceptors (Lipinski definition) is 6. The molecule has 0 saturated heterocycles. The number of fused-ring (bicyclic) bond motifs is 2. The van der Waals surface area contributed by atoms with Crippen molar-refractivity contribution in [1.29, 1.82) is 0 Å². The van der Waals surface area contributed by atoms with E-state index in [-0.39, 0.29) is 17.4 Å². The molecule has 53 heavy (non-hydrogen) atoms. The van der Waals surface area contributed by atoms with Crippen molar-refractivity contribution < 1.29 is 9.22 Å². The fourth-order valence-electron chi connectivity index (χ4n) is 7.32. The van der Waals surface area contributed by atoms with Crippen molar-refractivity contribution in [3.05, 3.63) is 150 Å². The van der Waals surface area contributed by atoms with Gasteiger partial charge in [-0.15, -0.1) is 0 Å². The van der Waals surface area contributed by atoms with Crippen LogP contribution in [0.25, 0.3) is 11.2 Å². The molecule has 0 spiro atoms. The fraction of sp³-hybridized carbons (Fsp3) is 0.238. The molecule has 7 aromatic rings. The van der Waals surface area contributed by atoms with Gasteiger partial charge >= 0.3 is 0 Å². The molecule has 5 aromatic heterocycles. The summed E-state index contributed by atoms with van der Waals surface area (Å²) in [4.78, 5) is 26.9. The fourth-order valence-corrected chi connectivity index (χ4v) is 12.0. The molecule has 0 bridgehead atoms. The lowest BCUT2D eigenvalue weighted by Crippen LogP contribution is -2.66. The van der Waals surface area contributed by atoms with Crippen molar-refractivity contribution >= 4 is 58.9 Å². The quantitative estimate of drug-likeness (QED) is 0.124. The number of halogens is 1. The van der Waals surface area contributed by atoms with Crippen LogP contribution in [0.15, 0.2) is 122 Å². The van der Waals surface area contributed by atoms with Crippen LogP contribution in [-0.2, 0) is 28.8 Å². The molecule has 1 aliphatic carbocycles. The van der Waals surface area contributed by atoms with Gasteiger partial charge in [0.2, 0.25) is 5.91 Å². The van der Waals surface area contributed by atoms with Crippen molar-refractivity contribution in [2.75, 3.05) is 10.6 Å². The van der Waals surface area contributed by atoms with E-state index >= 15 is 0 Å². The van der Waals surface area contributed by atoms with Crippen molar-refractivity contribution in [2.45, 2.75) is 64.1 Å². The van der Waals surface area contributed by atoms with Gasteiger partial charge < -0.3 is 23.9 Å². The van der Waals surface area contributed by atoms with Crippen LogP contribution in [0.5, 0.6) is 0 Å². The summed E-state index contributed by atoms with van der Waals surface area (Å²) in [7, 11) is -2.75. The van der Waals surface area contributed by atoms with Gasteiger partial charge in [-0.05, 0) is 64.0 Å². The zero-order chi connectivity index (χ0) is 36.6. The van der Waals surface area contributed by atoms with Crippen LogP contribution in [0.1, 0.15) is 62.0 Å². The third-order valence-electron chi connectivity index (χ3n) is 10.0. The summed E-state index contributed by atoms with van der Waals surface area (Å²) in [6, 6.07) is 31.1. The van der Waals surface area contributed by atoms with Gasteiger partial charge in [0.05, 0.1) is 42.8 Å². The summed E-state index contributed by atoms with van der Waals surface area (Å²) in [5, 5.41) is 9.36. The first-order valence-corrected chi connectivity index (χ1v) is 20.3. The predicted molar refractivity (Wildman–Crippen MR) is 214 cm³/mol. The van der Waals surface area contributed by atoms with Gasteiger partial charge in [0.1, 0.15) is 11.5 Å². The summed E-state index contributed by atoms with van der Waals surface area (Å²) in [5.41, 5.74) is 6.49. The van der Waals surface area contributed by atoms with Gasteiger partial charge in [0.15, 0.2) is 0 Å². The maximum Gasteiger partial charge on any atom is 0.261 e. The average Bonchev–Trinajstić information content (AvgIpc) is 3.81. The van der Waals surface area contributed by atoms with Crippen LogP contribution >= 0.6 is 11.6 Å². The van der Waals surface area contributed by atoms with Gasteiger partial charge in [-0.1, -0.05) is 93.0 Å². The Morgan fingerprint density at radius 1 is 0.925 bits per heavy atom. The minimum Gasteiger partial charge on any atom is -0.403 e. The molecule has 9 nitrogen and oxygen atoms in total. The molecule has 0 aliphatic heterocycles. The molecule has 11 heteroatoms. The zero-order valence-corrected chi connectivity index (χ0v) is 31.8. The normalized spacial score (nSPS) is 13.4. The largest absolute Gasteiger partial charge is 0.403 e. The molecule has 5 heterocycles. The zero-order valence-electron chi connectivity index (χ0n) is 30.1. The number of hydrogen-bond donors (Lipinski definition) is 2. The lowest BCUT2D eigenvalue weighted by Gasteiger charge is -2.43. The van der Waals surface area contributed by atoms with Gasteiger partial charge in [0, 0.05) is 47.1 Å². The Hall–Kier alpha value is -5.29. The first-order valence-electron chi connectivity index (χ1n) is 18.0. The molecule has 8 rings (SSSR count). The third kappa shape index (κ3) is 7.22. The van der Waals surface area contributed by atoms with E-state index in [1.165, 1.54) is 28.8 Å². The monoisotopic (exact) mass is 739 g/mol. The van der Waals surface area contributed by atoms with Gasteiger partial charge in [0.25, 0.3) is 8.32 Å². The molecule has 0 unspecified atom stereocenters. The van der Waals surface area contributed by atoms with E-state index in [0.29, 0.717) is 35.6 Å². The predicted octanol–water partition coefficient (Wildman–Crippen LogP) is 7.78. The Bertz CT molecular complexity index is 2360. The standard InChI is InChI=1S/C42H42ClN7O2Si/c1-42(2,3)53(35-10-6-4-7-11-35,36-12-8-5-9-13-36)52-27-31-20-30(29-14-15-29)25-50-26-34(47-41(31)50)24-45-33-16-18-44-39(22-33)48-40(51)23-37-38-21-32(43)17-19-49(38)28-46-37/h4-13,16-22,25-26,28-29H,14-15,23-24,27H2,1-3H3,(H2,44,45,48,51). The number of amides is 1. The summed E-state index contributed by atoms with van der Waals surface area (Å²) in [6.07, 6.45) is 12.0. The topological polar surface area (TPSA) is 97.8 Å². The average molecular weight is 740 g/mol. The number of rotatable bonds is 12. The number of nitrogens with zero attached hydrogens (tertiary/aromatic N) is 5. The molecule has 1 aliphatic rings. The van der Waals surface area contributed by atoms with Crippen LogP contribution in [-0.4, -0.2) is 38.0 Å². The highest BCUT2D eigenvalue weighted by Crippen LogP contribution is 2.41. The highest BCUT2D eigenvalue weighted by atomic mass is 35.5. The first-order chi connectivity index (χ1) is 25.7. The highest BCUT2D eigenvalue weighted by molar-refractivity contribution is 6.99. The summed E-state index contributed by atoms with van der Waals surface area (Å²) >= 11 is 6.18. The SMILES string of the molecule is CC(C)(C)[Si](OCc1cc(C2CC2)cn2cc(CNc3ccnc(NC(=O)Cc4ncn5ccc(Cl)cc45)c3)nc12)(c1ccccc1)c1ccccc1. The van der Waals surface area contributed by atoms with Gasteiger partial charge in [-0.3, -0.25) is 4.79 Å². The molecule has 2 aromatic carbocycles. The lowest BCUT2D eigenvalue weighted by atomic mass is 10.1. The van der Waals surface area contributed by atoms with E-state index in [0.717, 1.165) is 28.1 Å². The summed E-state index contributed by atoms with van der Waals surface area (Å²) < 4.78 is 11.4. The van der Waals surface area contributed by atoms with Crippen LogP contribution in [0.2, 0.25) is 10.1 Å². The maximum absolute atomic E-state index is 13.0. The molecular formula is C42H42ClN7O2Si. The number of anilines is 2. The Balaban J connectivity index is 1.02. The van der Waals surface area contributed by atoms with Crippen LogP contribution in [0.4, 0.5) is 11.5 Å². The van der Waals surface area contributed by atoms with Crippen LogP contribution in [0.3, 0.4) is 0 Å². The van der Waals surface area contributed by atoms with E-state index in [1.807, 2.05) is 22.7 Å². The number of carbonyl (C=O) groups is 1. The van der Waals surface area contributed by atoms with Crippen LogP contribution in [0, 0.1) is 0 Å². The van der Waals surface area contributed by atoms with E-state index in [4.69, 9.17) is 21.0 Å². The third-order valence-corrected chi connectivity index (χ3v) is 15.2. The molecule has 1 fully saturated rings. The number of carbonyl (C=O) groups excluding carboxylic acids is 1. The second-order valence-corrected chi connectivity index (χ2v) is 19.6. The van der Waals surface area contributed by atoms with Crippen molar-refractivity contribution in [1.82, 2.24) is 23.8 Å². The molecule has 1 amide bonds. The number of nitrogens with one attached hydrogen (secondary N) is 2. The van der Waals surface area contributed by atoms with E-state index in [1.54, 1.807) is 24.7 Å². The molecule has 2 N–H and O–H groups in total. The first kappa shape index (κ1) is 34.8. The molecule has 0 atom stereocenters. The second-order valence-electron chi connectivity index (χ2n) is 14.8. The van der Waals surface area contributed by atoms with Crippen molar-refractivity contribution in [3.8, 4) is 0 Å². The summed E-state index contributed by atoms with van der Waals surface area (Å²) in [5.74, 6) is 0.814. The Morgan fingerprint density at radius 2 is 1.66 bits per heavy atom. The molecular weight excluding hydrogens is 698 g/mol. The Kier molecular flexibility index (Phi) is 9.36. The Morgan fingerprint density at radius 3 is 2.36 bits per heavy atom. The smallest absolute Gasteiger partial charge is 0.261 e. The number of aromatic nitrogens is 5. The number of benzene rings is 2. The van der Waals surface area contributed by atoms with Crippen molar-refractivity contribution in [2.24, 2.45) is 0 Å².